The number of carbonyl (C=O) groups excluding carboxylic acids is 1. The van der Waals surface area contributed by atoms with Gasteiger partial charge in [0.1, 0.15) is 5.75 Å². The maximum Gasteiger partial charge on any atom is 0.248 e. The summed E-state index contributed by atoms with van der Waals surface area (Å²) in [5.41, 5.74) is 2.04. The second-order valence-corrected chi connectivity index (χ2v) is 7.56. The van der Waals surface area contributed by atoms with Crippen molar-refractivity contribution in [1.82, 2.24) is 0 Å². The number of ether oxygens (including phenoxy) is 1. The van der Waals surface area contributed by atoms with E-state index in [9.17, 15) is 13.2 Å². The molecule has 0 atom stereocenters. The predicted octanol–water partition coefficient (Wildman–Crippen LogP) is 3.45. The summed E-state index contributed by atoms with van der Waals surface area (Å²) in [5.74, 6) is 0.351. The third-order valence-corrected chi connectivity index (χ3v) is 4.64. The Kier molecular flexibility index (Phi) is 5.98. The van der Waals surface area contributed by atoms with E-state index < -0.39 is 9.84 Å². The molecule has 0 saturated heterocycles. The van der Waals surface area contributed by atoms with Gasteiger partial charge in [-0.05, 0) is 43.7 Å². The van der Waals surface area contributed by atoms with Crippen LogP contribution in [0.25, 0.3) is 6.08 Å². The fourth-order valence-electron chi connectivity index (χ4n) is 2.21. The van der Waals surface area contributed by atoms with Gasteiger partial charge in [0.05, 0.1) is 11.5 Å². The van der Waals surface area contributed by atoms with Gasteiger partial charge in [-0.2, -0.15) is 0 Å². The summed E-state index contributed by atoms with van der Waals surface area (Å²) >= 11 is 0. The van der Waals surface area contributed by atoms with Crippen LogP contribution in [0.4, 0.5) is 5.69 Å². The molecule has 2 aromatic rings. The van der Waals surface area contributed by atoms with Crippen molar-refractivity contribution in [3.63, 3.8) is 0 Å². The van der Waals surface area contributed by atoms with E-state index >= 15 is 0 Å². The van der Waals surface area contributed by atoms with Crippen molar-refractivity contribution in [2.24, 2.45) is 0 Å². The molecule has 0 aromatic heterocycles. The first-order valence-electron chi connectivity index (χ1n) is 7.83. The number of sulfone groups is 1. The average molecular weight is 359 g/mol. The third-order valence-electron chi connectivity index (χ3n) is 3.53. The second kappa shape index (κ2) is 7.98. The van der Waals surface area contributed by atoms with E-state index in [2.05, 4.69) is 5.32 Å². The lowest BCUT2D eigenvalue weighted by Crippen LogP contribution is -2.10. The van der Waals surface area contributed by atoms with Crippen molar-refractivity contribution in [2.45, 2.75) is 18.7 Å². The van der Waals surface area contributed by atoms with E-state index in [0.29, 0.717) is 18.0 Å². The van der Waals surface area contributed by atoms with Gasteiger partial charge in [-0.1, -0.05) is 24.3 Å². The number of amides is 1. The molecule has 0 aliphatic rings. The van der Waals surface area contributed by atoms with E-state index in [1.54, 1.807) is 19.1 Å². The number of benzene rings is 2. The molecule has 0 radical (unpaired) electrons. The highest BCUT2D eigenvalue weighted by Crippen LogP contribution is 2.21. The molecule has 5 nitrogen and oxygen atoms in total. The maximum atomic E-state index is 12.2. The van der Waals surface area contributed by atoms with Gasteiger partial charge in [0.2, 0.25) is 5.91 Å². The van der Waals surface area contributed by atoms with Crippen molar-refractivity contribution in [1.29, 1.82) is 0 Å². The van der Waals surface area contributed by atoms with Gasteiger partial charge in [0, 0.05) is 23.6 Å². The summed E-state index contributed by atoms with van der Waals surface area (Å²) in [7, 11) is -3.33. The first-order chi connectivity index (χ1) is 11.8. The highest BCUT2D eigenvalue weighted by Gasteiger charge is 2.10. The van der Waals surface area contributed by atoms with E-state index in [1.165, 1.54) is 18.2 Å². The fraction of sp³-hybridized carbons (Fsp3) is 0.211. The van der Waals surface area contributed by atoms with Gasteiger partial charge in [-0.25, -0.2) is 8.42 Å². The summed E-state index contributed by atoms with van der Waals surface area (Å²) < 4.78 is 28.8. The molecule has 0 aliphatic heterocycles. The van der Waals surface area contributed by atoms with Crippen molar-refractivity contribution >= 4 is 27.5 Å². The lowest BCUT2D eigenvalue weighted by atomic mass is 10.1. The molecule has 2 aromatic carbocycles. The lowest BCUT2D eigenvalue weighted by Gasteiger charge is -2.09. The number of hydrogen-bond acceptors (Lipinski definition) is 4. The minimum atomic E-state index is -3.33. The summed E-state index contributed by atoms with van der Waals surface area (Å²) in [6.07, 6.45) is 4.19. The molecular formula is C19H21NO4S. The van der Waals surface area contributed by atoms with Crippen LogP contribution in [-0.2, 0) is 14.6 Å². The molecule has 0 heterocycles. The van der Waals surface area contributed by atoms with Crippen LogP contribution in [0.2, 0.25) is 0 Å². The van der Waals surface area contributed by atoms with Gasteiger partial charge in [0.15, 0.2) is 9.84 Å². The zero-order chi connectivity index (χ0) is 18.4. The molecule has 25 heavy (non-hydrogen) atoms. The van der Waals surface area contributed by atoms with E-state index in [1.807, 2.05) is 31.2 Å². The Morgan fingerprint density at radius 1 is 1.20 bits per heavy atom. The Bertz CT molecular complexity index is 901. The van der Waals surface area contributed by atoms with Crippen LogP contribution in [-0.4, -0.2) is 27.2 Å². The first-order valence-corrected chi connectivity index (χ1v) is 9.72. The number of anilines is 1. The highest BCUT2D eigenvalue weighted by molar-refractivity contribution is 7.90. The summed E-state index contributed by atoms with van der Waals surface area (Å²) in [5, 5.41) is 2.71. The lowest BCUT2D eigenvalue weighted by molar-refractivity contribution is -0.111. The first kappa shape index (κ1) is 18.7. The van der Waals surface area contributed by atoms with Crippen LogP contribution in [0.5, 0.6) is 5.75 Å². The monoisotopic (exact) mass is 359 g/mol. The number of para-hydroxylation sites is 1. The molecule has 2 rings (SSSR count). The van der Waals surface area contributed by atoms with Crippen LogP contribution in [0, 0.1) is 6.92 Å². The van der Waals surface area contributed by atoms with E-state index in [4.69, 9.17) is 4.74 Å². The average Bonchev–Trinajstić information content (AvgIpc) is 2.55. The summed E-state index contributed by atoms with van der Waals surface area (Å²) in [6, 6.07) is 12.1. The Morgan fingerprint density at radius 3 is 2.60 bits per heavy atom. The van der Waals surface area contributed by atoms with Crippen LogP contribution in [0.15, 0.2) is 53.4 Å². The fourth-order valence-corrected chi connectivity index (χ4v) is 2.86. The smallest absolute Gasteiger partial charge is 0.248 e. The molecule has 0 saturated carbocycles. The van der Waals surface area contributed by atoms with Gasteiger partial charge in [0.25, 0.3) is 0 Å². The zero-order valence-electron chi connectivity index (χ0n) is 14.4. The Labute approximate surface area is 148 Å². The van der Waals surface area contributed by atoms with E-state index in [-0.39, 0.29) is 10.8 Å². The predicted molar refractivity (Wildman–Crippen MR) is 99.6 cm³/mol. The molecule has 0 unspecified atom stereocenters. The minimum absolute atomic E-state index is 0.166. The molecule has 0 spiro atoms. The Balaban J connectivity index is 2.18. The van der Waals surface area contributed by atoms with Gasteiger partial charge < -0.3 is 10.1 Å². The number of aryl methyl sites for hydroxylation is 1. The van der Waals surface area contributed by atoms with E-state index in [0.717, 1.165) is 17.4 Å². The maximum absolute atomic E-state index is 12.2. The molecule has 1 amide bonds. The summed E-state index contributed by atoms with van der Waals surface area (Å²) in [4.78, 5) is 12.3. The molecule has 0 fully saturated rings. The normalized spacial score (nSPS) is 11.5. The quantitative estimate of drug-likeness (QED) is 0.802. The van der Waals surface area contributed by atoms with Crippen LogP contribution < -0.4 is 10.1 Å². The number of carbonyl (C=O) groups is 1. The second-order valence-electron chi connectivity index (χ2n) is 5.54. The van der Waals surface area contributed by atoms with Gasteiger partial charge in [-0.15, -0.1) is 0 Å². The Hall–Kier alpha value is -2.60. The van der Waals surface area contributed by atoms with Crippen molar-refractivity contribution in [2.75, 3.05) is 18.2 Å². The SMILES string of the molecule is CCOc1ccccc1/C=C/C(=O)Nc1cc(S(C)(=O)=O)ccc1C. The molecule has 0 bridgehead atoms. The number of rotatable bonds is 6. The number of hydrogen-bond donors (Lipinski definition) is 1. The Morgan fingerprint density at radius 2 is 1.92 bits per heavy atom. The van der Waals surface area contributed by atoms with Crippen molar-refractivity contribution < 1.29 is 17.9 Å². The summed E-state index contributed by atoms with van der Waals surface area (Å²) in [6.45, 7) is 4.23. The van der Waals surface area contributed by atoms with Crippen LogP contribution in [0.3, 0.4) is 0 Å². The highest BCUT2D eigenvalue weighted by atomic mass is 32.2. The largest absolute Gasteiger partial charge is 0.493 e. The molecule has 132 valence electrons. The van der Waals surface area contributed by atoms with Crippen LogP contribution >= 0.6 is 0 Å². The molecule has 0 aliphatic carbocycles. The van der Waals surface area contributed by atoms with Crippen molar-refractivity contribution in [3.8, 4) is 5.75 Å². The van der Waals surface area contributed by atoms with Crippen molar-refractivity contribution in [3.05, 3.63) is 59.7 Å². The van der Waals surface area contributed by atoms with Gasteiger partial charge >= 0.3 is 0 Å². The minimum Gasteiger partial charge on any atom is -0.493 e. The van der Waals surface area contributed by atoms with Gasteiger partial charge in [-0.3, -0.25) is 4.79 Å². The molecule has 6 heteroatoms. The number of nitrogens with one attached hydrogen (secondary N) is 1. The molecular weight excluding hydrogens is 338 g/mol. The standard InChI is InChI=1S/C19H21NO4S/c1-4-24-18-8-6-5-7-15(18)10-12-19(21)20-17-13-16(25(3,22)23)11-9-14(17)2/h5-13H,4H2,1-3H3,(H,20,21)/b12-10+. The zero-order valence-corrected chi connectivity index (χ0v) is 15.3. The third kappa shape index (κ3) is 5.19. The molecule has 1 N–H and O–H groups in total. The topological polar surface area (TPSA) is 72.5 Å². The van der Waals surface area contributed by atoms with Crippen LogP contribution in [0.1, 0.15) is 18.1 Å².